The fraction of sp³-hybridized carbons (Fsp3) is 0. The van der Waals surface area contributed by atoms with Gasteiger partial charge < -0.3 is 11.1 Å². The van der Waals surface area contributed by atoms with Crippen molar-refractivity contribution in [2.45, 2.75) is 0 Å². The van der Waals surface area contributed by atoms with Crippen LogP contribution in [-0.4, -0.2) is 9.97 Å². The Kier molecular flexibility index (Phi) is 3.00. The number of nitrogen functional groups attached to an aromatic ring is 1. The molecule has 2 rings (SSSR count). The molecule has 0 fully saturated rings. The molecule has 0 aliphatic rings. The number of hydrogen-bond donors (Lipinski definition) is 2. The lowest BCUT2D eigenvalue weighted by molar-refractivity contribution is 0.631. The number of aromatic nitrogens is 2. The zero-order chi connectivity index (χ0) is 11.5. The quantitative estimate of drug-likeness (QED) is 0.889. The maximum absolute atomic E-state index is 13.4. The Bertz CT molecular complexity index is 518. The first kappa shape index (κ1) is 10.8. The highest BCUT2D eigenvalue weighted by atomic mass is 79.9. The summed E-state index contributed by atoms with van der Waals surface area (Å²) in [6.07, 6.45) is 2.95. The number of nitrogens with one attached hydrogen (secondary N) is 1. The molecule has 1 heterocycles. The fourth-order valence-electron chi connectivity index (χ4n) is 1.17. The molecule has 0 aliphatic heterocycles. The molecule has 0 bridgehead atoms. The van der Waals surface area contributed by atoms with Crippen LogP contribution in [0.3, 0.4) is 0 Å². The molecule has 6 heteroatoms. The molecule has 0 amide bonds. The van der Waals surface area contributed by atoms with Crippen molar-refractivity contribution in [3.05, 3.63) is 40.9 Å². The number of benzene rings is 1. The van der Waals surface area contributed by atoms with Gasteiger partial charge in [0.15, 0.2) is 11.6 Å². The van der Waals surface area contributed by atoms with Gasteiger partial charge >= 0.3 is 0 Å². The van der Waals surface area contributed by atoms with E-state index in [1.807, 2.05) is 0 Å². The summed E-state index contributed by atoms with van der Waals surface area (Å²) in [5, 5.41) is 2.78. The lowest BCUT2D eigenvalue weighted by atomic mass is 10.3. The van der Waals surface area contributed by atoms with Gasteiger partial charge in [-0.1, -0.05) is 15.9 Å². The Hall–Kier alpha value is -1.69. The summed E-state index contributed by atoms with van der Waals surface area (Å²) in [5.41, 5.74) is 5.88. The molecule has 2 aromatic rings. The summed E-state index contributed by atoms with van der Waals surface area (Å²) >= 11 is 3.25. The van der Waals surface area contributed by atoms with Crippen molar-refractivity contribution in [2.75, 3.05) is 11.1 Å². The van der Waals surface area contributed by atoms with Crippen LogP contribution in [0.5, 0.6) is 0 Å². The zero-order valence-corrected chi connectivity index (χ0v) is 9.70. The third-order valence-electron chi connectivity index (χ3n) is 1.91. The van der Waals surface area contributed by atoms with E-state index in [9.17, 15) is 4.39 Å². The van der Waals surface area contributed by atoms with Crippen molar-refractivity contribution >= 4 is 33.3 Å². The highest BCUT2D eigenvalue weighted by Gasteiger charge is 2.06. The summed E-state index contributed by atoms with van der Waals surface area (Å²) in [4.78, 5) is 7.81. The van der Waals surface area contributed by atoms with Crippen LogP contribution in [0.15, 0.2) is 35.1 Å². The third kappa shape index (κ3) is 2.27. The number of halogens is 2. The molecule has 16 heavy (non-hydrogen) atoms. The van der Waals surface area contributed by atoms with Crippen molar-refractivity contribution in [1.29, 1.82) is 0 Å². The minimum Gasteiger partial charge on any atom is -0.381 e. The molecule has 1 aromatic heterocycles. The van der Waals surface area contributed by atoms with Gasteiger partial charge in [0.2, 0.25) is 0 Å². The van der Waals surface area contributed by atoms with Gasteiger partial charge in [0, 0.05) is 16.9 Å². The second-order valence-electron chi connectivity index (χ2n) is 3.04. The monoisotopic (exact) mass is 282 g/mol. The van der Waals surface area contributed by atoms with Gasteiger partial charge in [-0.2, -0.15) is 0 Å². The Balaban J connectivity index is 2.34. The average molecular weight is 283 g/mol. The topological polar surface area (TPSA) is 63.8 Å². The Morgan fingerprint density at radius 2 is 2.00 bits per heavy atom. The number of nitrogens with two attached hydrogens (primary N) is 1. The van der Waals surface area contributed by atoms with Crippen LogP contribution in [0, 0.1) is 5.82 Å². The molecular weight excluding hydrogens is 275 g/mol. The second kappa shape index (κ2) is 4.44. The average Bonchev–Trinajstić information content (AvgIpc) is 2.27. The molecular formula is C10H8BrFN4. The van der Waals surface area contributed by atoms with E-state index in [1.165, 1.54) is 18.5 Å². The molecule has 4 nitrogen and oxygen atoms in total. The SMILES string of the molecule is Nc1nccnc1Nc1cc(Br)ccc1F. The fourth-order valence-corrected chi connectivity index (χ4v) is 1.53. The van der Waals surface area contributed by atoms with Crippen LogP contribution in [0.1, 0.15) is 0 Å². The van der Waals surface area contributed by atoms with Crippen molar-refractivity contribution in [1.82, 2.24) is 9.97 Å². The van der Waals surface area contributed by atoms with Crippen LogP contribution < -0.4 is 11.1 Å². The minimum atomic E-state index is -0.381. The van der Waals surface area contributed by atoms with Crippen molar-refractivity contribution in [2.24, 2.45) is 0 Å². The van der Waals surface area contributed by atoms with Gasteiger partial charge in [-0.25, -0.2) is 14.4 Å². The standard InChI is InChI=1S/C10H8BrFN4/c11-6-1-2-7(12)8(5-6)16-10-9(13)14-3-4-15-10/h1-5H,(H2,13,14)(H,15,16). The summed E-state index contributed by atoms with van der Waals surface area (Å²) in [6, 6.07) is 4.56. The van der Waals surface area contributed by atoms with Gasteiger partial charge in [0.25, 0.3) is 0 Å². The minimum absolute atomic E-state index is 0.224. The van der Waals surface area contributed by atoms with E-state index in [2.05, 4.69) is 31.2 Å². The molecule has 0 spiro atoms. The van der Waals surface area contributed by atoms with Crippen LogP contribution in [-0.2, 0) is 0 Å². The van der Waals surface area contributed by atoms with E-state index >= 15 is 0 Å². The predicted octanol–water partition coefficient (Wildman–Crippen LogP) is 2.70. The van der Waals surface area contributed by atoms with Crippen LogP contribution >= 0.6 is 15.9 Å². The molecule has 3 N–H and O–H groups in total. The van der Waals surface area contributed by atoms with E-state index in [4.69, 9.17) is 5.73 Å². The molecule has 82 valence electrons. The normalized spacial score (nSPS) is 10.1. The number of nitrogens with zero attached hydrogens (tertiary/aromatic N) is 2. The Morgan fingerprint density at radius 1 is 1.25 bits per heavy atom. The Morgan fingerprint density at radius 3 is 2.75 bits per heavy atom. The molecule has 1 aromatic carbocycles. The molecule has 0 aliphatic carbocycles. The number of hydrogen-bond acceptors (Lipinski definition) is 4. The number of rotatable bonds is 2. The second-order valence-corrected chi connectivity index (χ2v) is 3.96. The van der Waals surface area contributed by atoms with Gasteiger partial charge in [-0.05, 0) is 18.2 Å². The highest BCUT2D eigenvalue weighted by molar-refractivity contribution is 9.10. The first-order valence-electron chi connectivity index (χ1n) is 4.45. The van der Waals surface area contributed by atoms with E-state index in [1.54, 1.807) is 12.1 Å². The highest BCUT2D eigenvalue weighted by Crippen LogP contribution is 2.24. The van der Waals surface area contributed by atoms with E-state index < -0.39 is 0 Å². The predicted molar refractivity (Wildman–Crippen MR) is 63.8 cm³/mol. The Labute approximate surface area is 99.9 Å². The smallest absolute Gasteiger partial charge is 0.173 e. The lowest BCUT2D eigenvalue weighted by Gasteiger charge is -2.08. The molecule has 0 saturated heterocycles. The van der Waals surface area contributed by atoms with E-state index in [-0.39, 0.29) is 11.6 Å². The van der Waals surface area contributed by atoms with Crippen molar-refractivity contribution < 1.29 is 4.39 Å². The first-order chi connectivity index (χ1) is 7.66. The lowest BCUT2D eigenvalue weighted by Crippen LogP contribution is -2.02. The van der Waals surface area contributed by atoms with Crippen molar-refractivity contribution in [3.8, 4) is 0 Å². The maximum Gasteiger partial charge on any atom is 0.173 e. The maximum atomic E-state index is 13.4. The summed E-state index contributed by atoms with van der Waals surface area (Å²) in [7, 11) is 0. The molecule has 0 atom stereocenters. The third-order valence-corrected chi connectivity index (χ3v) is 2.40. The van der Waals surface area contributed by atoms with Crippen LogP contribution in [0.2, 0.25) is 0 Å². The number of anilines is 3. The van der Waals surface area contributed by atoms with E-state index in [0.29, 0.717) is 11.5 Å². The van der Waals surface area contributed by atoms with Gasteiger partial charge in [0.1, 0.15) is 5.82 Å². The van der Waals surface area contributed by atoms with Crippen LogP contribution in [0.25, 0.3) is 0 Å². The van der Waals surface area contributed by atoms with E-state index in [0.717, 1.165) is 4.47 Å². The zero-order valence-electron chi connectivity index (χ0n) is 8.11. The summed E-state index contributed by atoms with van der Waals surface area (Å²) in [5.74, 6) is 0.176. The molecule has 0 saturated carbocycles. The summed E-state index contributed by atoms with van der Waals surface area (Å²) < 4.78 is 14.2. The largest absolute Gasteiger partial charge is 0.381 e. The van der Waals surface area contributed by atoms with Crippen molar-refractivity contribution in [3.63, 3.8) is 0 Å². The van der Waals surface area contributed by atoms with Gasteiger partial charge in [-0.3, -0.25) is 0 Å². The van der Waals surface area contributed by atoms with Gasteiger partial charge in [-0.15, -0.1) is 0 Å². The first-order valence-corrected chi connectivity index (χ1v) is 5.24. The molecule has 0 unspecified atom stereocenters. The summed E-state index contributed by atoms with van der Waals surface area (Å²) in [6.45, 7) is 0. The molecule has 0 radical (unpaired) electrons. The van der Waals surface area contributed by atoms with Crippen LogP contribution in [0.4, 0.5) is 21.7 Å². The van der Waals surface area contributed by atoms with Gasteiger partial charge in [0.05, 0.1) is 5.69 Å².